The quantitative estimate of drug-likeness (QED) is 0.790. The zero-order valence-corrected chi connectivity index (χ0v) is 16.3. The summed E-state index contributed by atoms with van der Waals surface area (Å²) in [7, 11) is 0. The van der Waals surface area contributed by atoms with Crippen molar-refractivity contribution in [3.05, 3.63) is 59.9 Å². The van der Waals surface area contributed by atoms with Crippen molar-refractivity contribution in [3.8, 4) is 0 Å². The molecule has 1 saturated heterocycles. The standard InChI is InChI=1S/C21H27N3OS/c1-16-5-7-20(8-6-16)26-17(2)21(25)23-19-9-12-24(13-10-19)15-18-4-3-11-22-14-18/h3-8,11,14,17,19H,9-10,12-13,15H2,1-2H3,(H,23,25). The van der Waals surface area contributed by atoms with Crippen LogP contribution in [0.4, 0.5) is 0 Å². The number of likely N-dealkylation sites (tertiary alicyclic amines) is 1. The monoisotopic (exact) mass is 369 g/mol. The third-order valence-electron chi connectivity index (χ3n) is 4.77. The van der Waals surface area contributed by atoms with E-state index in [9.17, 15) is 4.79 Å². The molecule has 0 radical (unpaired) electrons. The third-order valence-corrected chi connectivity index (χ3v) is 5.88. The number of hydrogen-bond donors (Lipinski definition) is 1. The topological polar surface area (TPSA) is 45.2 Å². The number of carbonyl (C=O) groups is 1. The number of rotatable bonds is 6. The average molecular weight is 370 g/mol. The lowest BCUT2D eigenvalue weighted by Crippen LogP contribution is -2.46. The Bertz CT molecular complexity index is 697. The van der Waals surface area contributed by atoms with E-state index in [1.165, 1.54) is 11.1 Å². The van der Waals surface area contributed by atoms with Crippen LogP contribution in [0.1, 0.15) is 30.9 Å². The minimum Gasteiger partial charge on any atom is -0.352 e. The number of aryl methyl sites for hydroxylation is 1. The van der Waals surface area contributed by atoms with Crippen molar-refractivity contribution < 1.29 is 4.79 Å². The predicted octanol–water partition coefficient (Wildman–Crippen LogP) is 3.65. The molecule has 3 rings (SSSR count). The van der Waals surface area contributed by atoms with Crippen LogP contribution >= 0.6 is 11.8 Å². The molecule has 1 unspecified atom stereocenters. The molecule has 1 N–H and O–H groups in total. The smallest absolute Gasteiger partial charge is 0.233 e. The number of hydrogen-bond acceptors (Lipinski definition) is 4. The number of carbonyl (C=O) groups excluding carboxylic acids is 1. The fraction of sp³-hybridized carbons (Fsp3) is 0.429. The Balaban J connectivity index is 1.42. The van der Waals surface area contributed by atoms with Gasteiger partial charge >= 0.3 is 0 Å². The summed E-state index contributed by atoms with van der Waals surface area (Å²) in [6, 6.07) is 12.7. The van der Waals surface area contributed by atoms with E-state index in [1.54, 1.807) is 18.0 Å². The Morgan fingerprint density at radius 2 is 2.00 bits per heavy atom. The molecule has 5 heteroatoms. The minimum absolute atomic E-state index is 0.0777. The normalized spacial score (nSPS) is 17.0. The molecule has 0 spiro atoms. The second-order valence-corrected chi connectivity index (χ2v) is 8.41. The van der Waals surface area contributed by atoms with E-state index < -0.39 is 0 Å². The molecule has 0 bridgehead atoms. The van der Waals surface area contributed by atoms with Gasteiger partial charge in [0, 0.05) is 43.0 Å². The molecule has 1 amide bonds. The summed E-state index contributed by atoms with van der Waals surface area (Å²) in [6.45, 7) is 7.02. The number of aromatic nitrogens is 1. The van der Waals surface area contributed by atoms with E-state index in [1.807, 2.05) is 19.2 Å². The summed E-state index contributed by atoms with van der Waals surface area (Å²) in [5.41, 5.74) is 2.49. The van der Waals surface area contributed by atoms with Gasteiger partial charge in [-0.15, -0.1) is 11.8 Å². The predicted molar refractivity (Wildman–Crippen MR) is 107 cm³/mol. The van der Waals surface area contributed by atoms with Crippen LogP contribution in [0.25, 0.3) is 0 Å². The maximum Gasteiger partial charge on any atom is 0.233 e. The van der Waals surface area contributed by atoms with E-state index in [0.29, 0.717) is 0 Å². The first-order valence-corrected chi connectivity index (χ1v) is 10.1. The Labute approximate surface area is 160 Å². The lowest BCUT2D eigenvalue weighted by Gasteiger charge is -2.32. The highest BCUT2D eigenvalue weighted by molar-refractivity contribution is 8.00. The van der Waals surface area contributed by atoms with Gasteiger partial charge in [-0.2, -0.15) is 0 Å². The molecule has 1 aliphatic rings. The van der Waals surface area contributed by atoms with E-state index in [4.69, 9.17) is 0 Å². The highest BCUT2D eigenvalue weighted by Crippen LogP contribution is 2.24. The second kappa shape index (κ2) is 9.19. The van der Waals surface area contributed by atoms with Crippen molar-refractivity contribution in [2.24, 2.45) is 0 Å². The van der Waals surface area contributed by atoms with E-state index >= 15 is 0 Å². The maximum atomic E-state index is 12.5. The van der Waals surface area contributed by atoms with E-state index in [-0.39, 0.29) is 17.2 Å². The fourth-order valence-corrected chi connectivity index (χ4v) is 4.05. The molecule has 2 heterocycles. The highest BCUT2D eigenvalue weighted by atomic mass is 32.2. The van der Waals surface area contributed by atoms with E-state index in [0.717, 1.165) is 37.4 Å². The Morgan fingerprint density at radius 1 is 1.27 bits per heavy atom. The first kappa shape index (κ1) is 18.9. The molecule has 1 aliphatic heterocycles. The van der Waals surface area contributed by atoms with Gasteiger partial charge in [0.25, 0.3) is 0 Å². The van der Waals surface area contributed by atoms with Crippen LogP contribution < -0.4 is 5.32 Å². The van der Waals surface area contributed by atoms with Gasteiger partial charge < -0.3 is 5.32 Å². The van der Waals surface area contributed by atoms with Crippen molar-refractivity contribution in [1.29, 1.82) is 0 Å². The lowest BCUT2D eigenvalue weighted by molar-refractivity contribution is -0.121. The fourth-order valence-electron chi connectivity index (χ4n) is 3.18. The molecule has 1 aromatic carbocycles. The lowest BCUT2D eigenvalue weighted by atomic mass is 10.0. The van der Waals surface area contributed by atoms with Crippen molar-refractivity contribution in [3.63, 3.8) is 0 Å². The molecule has 26 heavy (non-hydrogen) atoms. The maximum absolute atomic E-state index is 12.5. The molecule has 0 saturated carbocycles. The zero-order valence-electron chi connectivity index (χ0n) is 15.5. The van der Waals surface area contributed by atoms with Gasteiger partial charge in [-0.05, 0) is 50.5 Å². The van der Waals surface area contributed by atoms with Gasteiger partial charge in [-0.25, -0.2) is 0 Å². The average Bonchev–Trinajstić information content (AvgIpc) is 2.66. The first-order chi connectivity index (χ1) is 12.6. The van der Waals surface area contributed by atoms with Gasteiger partial charge in [0.1, 0.15) is 0 Å². The van der Waals surface area contributed by atoms with Crippen LogP contribution in [-0.2, 0) is 11.3 Å². The van der Waals surface area contributed by atoms with Crippen LogP contribution in [0.15, 0.2) is 53.7 Å². The Morgan fingerprint density at radius 3 is 2.65 bits per heavy atom. The number of benzene rings is 1. The molecule has 1 fully saturated rings. The number of nitrogens with one attached hydrogen (secondary N) is 1. The summed E-state index contributed by atoms with van der Waals surface area (Å²) in [5, 5.41) is 3.16. The van der Waals surface area contributed by atoms with Gasteiger partial charge in [0.15, 0.2) is 0 Å². The highest BCUT2D eigenvalue weighted by Gasteiger charge is 2.23. The first-order valence-electron chi connectivity index (χ1n) is 9.25. The molecular weight excluding hydrogens is 342 g/mol. The molecule has 1 aromatic heterocycles. The van der Waals surface area contributed by atoms with Crippen LogP contribution in [0, 0.1) is 6.92 Å². The molecule has 138 valence electrons. The summed E-state index contributed by atoms with van der Waals surface area (Å²) < 4.78 is 0. The molecule has 1 atom stereocenters. The van der Waals surface area contributed by atoms with Crippen molar-refractivity contribution in [2.45, 2.75) is 49.4 Å². The Kier molecular flexibility index (Phi) is 6.69. The SMILES string of the molecule is Cc1ccc(SC(C)C(=O)NC2CCN(Cc3cccnc3)CC2)cc1. The Hall–Kier alpha value is -1.85. The number of thioether (sulfide) groups is 1. The largest absolute Gasteiger partial charge is 0.352 e. The van der Waals surface area contributed by atoms with Crippen LogP contribution in [0.2, 0.25) is 0 Å². The van der Waals surface area contributed by atoms with E-state index in [2.05, 4.69) is 52.5 Å². The zero-order chi connectivity index (χ0) is 18.4. The van der Waals surface area contributed by atoms with Gasteiger partial charge in [0.2, 0.25) is 5.91 Å². The summed E-state index contributed by atoms with van der Waals surface area (Å²) in [6.07, 6.45) is 5.75. The van der Waals surface area contributed by atoms with Crippen LogP contribution in [0.5, 0.6) is 0 Å². The van der Waals surface area contributed by atoms with Crippen molar-refractivity contribution in [1.82, 2.24) is 15.2 Å². The molecule has 2 aromatic rings. The number of amides is 1. The summed E-state index contributed by atoms with van der Waals surface area (Å²) in [4.78, 5) is 20.3. The summed E-state index contributed by atoms with van der Waals surface area (Å²) in [5.74, 6) is 0.140. The number of pyridine rings is 1. The molecule has 0 aliphatic carbocycles. The van der Waals surface area contributed by atoms with Crippen molar-refractivity contribution in [2.75, 3.05) is 13.1 Å². The summed E-state index contributed by atoms with van der Waals surface area (Å²) >= 11 is 1.62. The van der Waals surface area contributed by atoms with Crippen LogP contribution in [0.3, 0.4) is 0 Å². The van der Waals surface area contributed by atoms with Crippen LogP contribution in [-0.4, -0.2) is 40.2 Å². The third kappa shape index (κ3) is 5.58. The molecular formula is C21H27N3OS. The minimum atomic E-state index is -0.0777. The molecule has 4 nitrogen and oxygen atoms in total. The van der Waals surface area contributed by atoms with Gasteiger partial charge in [0.05, 0.1) is 5.25 Å². The number of nitrogens with zero attached hydrogens (tertiary/aromatic N) is 2. The second-order valence-electron chi connectivity index (χ2n) is 6.99. The number of piperidine rings is 1. The van der Waals surface area contributed by atoms with Crippen molar-refractivity contribution >= 4 is 17.7 Å². The van der Waals surface area contributed by atoms with Gasteiger partial charge in [-0.3, -0.25) is 14.7 Å². The van der Waals surface area contributed by atoms with Gasteiger partial charge in [-0.1, -0.05) is 23.8 Å².